The first-order chi connectivity index (χ1) is 8.90. The molecule has 1 aromatic rings. The fraction of sp³-hybridized carbons (Fsp3) is 0.562. The standard InChI is InChI=1S/C16H25NO2/c1-11(2)10-17-16(18)13(5)19-15-8-6-14(7-9-15)12(3)4/h6-9,11-13H,10H2,1-5H3,(H,17,18). The Morgan fingerprint density at radius 1 is 1.11 bits per heavy atom. The van der Waals surface area contributed by atoms with Crippen LogP contribution in [0.2, 0.25) is 0 Å². The Labute approximate surface area is 116 Å². The molecule has 0 aliphatic heterocycles. The van der Waals surface area contributed by atoms with Gasteiger partial charge in [0, 0.05) is 6.54 Å². The van der Waals surface area contributed by atoms with Crippen LogP contribution in [0.1, 0.15) is 46.1 Å². The summed E-state index contributed by atoms with van der Waals surface area (Å²) in [5.74, 6) is 1.61. The van der Waals surface area contributed by atoms with E-state index in [1.165, 1.54) is 5.56 Å². The van der Waals surface area contributed by atoms with E-state index in [1.54, 1.807) is 6.92 Å². The SMILES string of the molecule is CC(C)CNC(=O)C(C)Oc1ccc(C(C)C)cc1. The molecule has 1 unspecified atom stereocenters. The van der Waals surface area contributed by atoms with E-state index in [4.69, 9.17) is 4.74 Å². The van der Waals surface area contributed by atoms with Gasteiger partial charge in [0.1, 0.15) is 5.75 Å². The lowest BCUT2D eigenvalue weighted by molar-refractivity contribution is -0.127. The molecular formula is C16H25NO2. The number of hydrogen-bond donors (Lipinski definition) is 1. The Kier molecular flexibility index (Phi) is 5.87. The molecule has 0 spiro atoms. The molecule has 0 saturated heterocycles. The molecule has 1 N–H and O–H groups in total. The van der Waals surface area contributed by atoms with Gasteiger partial charge in [0.2, 0.25) is 0 Å². The molecule has 3 heteroatoms. The molecule has 0 fully saturated rings. The largest absolute Gasteiger partial charge is 0.481 e. The Bertz CT molecular complexity index is 396. The third-order valence-corrected chi connectivity index (χ3v) is 2.91. The van der Waals surface area contributed by atoms with E-state index in [-0.39, 0.29) is 5.91 Å². The van der Waals surface area contributed by atoms with Crippen molar-refractivity contribution in [2.24, 2.45) is 5.92 Å². The van der Waals surface area contributed by atoms with Crippen LogP contribution in [0.3, 0.4) is 0 Å². The van der Waals surface area contributed by atoms with Crippen molar-refractivity contribution >= 4 is 5.91 Å². The average molecular weight is 263 g/mol. The van der Waals surface area contributed by atoms with Gasteiger partial charge in [-0.15, -0.1) is 0 Å². The van der Waals surface area contributed by atoms with Crippen molar-refractivity contribution in [3.63, 3.8) is 0 Å². The first-order valence-corrected chi connectivity index (χ1v) is 6.94. The lowest BCUT2D eigenvalue weighted by atomic mass is 10.0. The molecule has 0 aromatic heterocycles. The minimum absolute atomic E-state index is 0.0679. The molecule has 1 amide bonds. The van der Waals surface area contributed by atoms with E-state index < -0.39 is 6.10 Å². The van der Waals surface area contributed by atoms with Crippen molar-refractivity contribution in [3.8, 4) is 5.75 Å². The quantitative estimate of drug-likeness (QED) is 0.854. The van der Waals surface area contributed by atoms with E-state index >= 15 is 0 Å². The number of hydrogen-bond acceptors (Lipinski definition) is 2. The van der Waals surface area contributed by atoms with Crippen molar-refractivity contribution in [3.05, 3.63) is 29.8 Å². The molecule has 0 saturated carbocycles. The summed E-state index contributed by atoms with van der Waals surface area (Å²) in [6.45, 7) is 10.9. The molecule has 19 heavy (non-hydrogen) atoms. The van der Waals surface area contributed by atoms with Crippen LogP contribution >= 0.6 is 0 Å². The summed E-state index contributed by atoms with van der Waals surface area (Å²) in [4.78, 5) is 11.8. The predicted octanol–water partition coefficient (Wildman–Crippen LogP) is 3.35. The normalized spacial score (nSPS) is 12.6. The minimum atomic E-state index is -0.469. The fourth-order valence-electron chi connectivity index (χ4n) is 1.64. The van der Waals surface area contributed by atoms with Crippen LogP contribution in [-0.4, -0.2) is 18.6 Å². The van der Waals surface area contributed by atoms with Gasteiger partial charge in [-0.05, 0) is 36.5 Å². The number of nitrogens with one attached hydrogen (secondary N) is 1. The van der Waals surface area contributed by atoms with Gasteiger partial charge in [-0.25, -0.2) is 0 Å². The number of rotatable bonds is 6. The van der Waals surface area contributed by atoms with Gasteiger partial charge in [-0.2, -0.15) is 0 Å². The lowest BCUT2D eigenvalue weighted by Gasteiger charge is -2.16. The molecule has 0 bridgehead atoms. The molecule has 3 nitrogen and oxygen atoms in total. The van der Waals surface area contributed by atoms with Gasteiger partial charge in [0.15, 0.2) is 6.10 Å². The molecular weight excluding hydrogens is 238 g/mol. The highest BCUT2D eigenvalue weighted by atomic mass is 16.5. The molecule has 1 atom stereocenters. The summed E-state index contributed by atoms with van der Waals surface area (Å²) in [7, 11) is 0. The third kappa shape index (κ3) is 5.33. The highest BCUT2D eigenvalue weighted by Gasteiger charge is 2.14. The van der Waals surface area contributed by atoms with Crippen molar-refractivity contribution in [1.29, 1.82) is 0 Å². The Morgan fingerprint density at radius 2 is 1.68 bits per heavy atom. The van der Waals surface area contributed by atoms with Gasteiger partial charge < -0.3 is 10.1 Å². The Hall–Kier alpha value is -1.51. The summed E-state index contributed by atoms with van der Waals surface area (Å²) in [6.07, 6.45) is -0.469. The molecule has 0 radical (unpaired) electrons. The lowest BCUT2D eigenvalue weighted by Crippen LogP contribution is -2.38. The van der Waals surface area contributed by atoms with Gasteiger partial charge in [0.25, 0.3) is 5.91 Å². The van der Waals surface area contributed by atoms with Crippen molar-refractivity contribution in [1.82, 2.24) is 5.32 Å². The summed E-state index contributed by atoms with van der Waals surface area (Å²) in [5.41, 5.74) is 1.27. The average Bonchev–Trinajstić information content (AvgIpc) is 2.36. The maximum atomic E-state index is 11.8. The van der Waals surface area contributed by atoms with Crippen LogP contribution < -0.4 is 10.1 Å². The van der Waals surface area contributed by atoms with Crippen LogP contribution in [0.15, 0.2) is 24.3 Å². The first kappa shape index (κ1) is 15.5. The minimum Gasteiger partial charge on any atom is -0.481 e. The maximum Gasteiger partial charge on any atom is 0.260 e. The number of carbonyl (C=O) groups is 1. The molecule has 0 aliphatic rings. The van der Waals surface area contributed by atoms with Crippen molar-refractivity contribution in [2.75, 3.05) is 6.54 Å². The third-order valence-electron chi connectivity index (χ3n) is 2.91. The zero-order valence-electron chi connectivity index (χ0n) is 12.6. The summed E-state index contributed by atoms with van der Waals surface area (Å²) >= 11 is 0. The first-order valence-electron chi connectivity index (χ1n) is 6.94. The van der Waals surface area contributed by atoms with E-state index in [0.717, 1.165) is 5.75 Å². The summed E-state index contributed by atoms with van der Waals surface area (Å²) < 4.78 is 5.63. The second kappa shape index (κ2) is 7.17. The number of carbonyl (C=O) groups excluding carboxylic acids is 1. The van der Waals surface area contributed by atoms with E-state index in [9.17, 15) is 4.79 Å². The summed E-state index contributed by atoms with van der Waals surface area (Å²) in [6, 6.07) is 7.92. The highest BCUT2D eigenvalue weighted by molar-refractivity contribution is 5.80. The van der Waals surface area contributed by atoms with Gasteiger partial charge in [-0.3, -0.25) is 4.79 Å². The number of benzene rings is 1. The van der Waals surface area contributed by atoms with Gasteiger partial charge >= 0.3 is 0 Å². The highest BCUT2D eigenvalue weighted by Crippen LogP contribution is 2.19. The second-order valence-electron chi connectivity index (χ2n) is 5.62. The van der Waals surface area contributed by atoms with Crippen LogP contribution in [0.5, 0.6) is 5.75 Å². The number of ether oxygens (including phenoxy) is 1. The Balaban J connectivity index is 2.51. The summed E-state index contributed by atoms with van der Waals surface area (Å²) in [5, 5.41) is 2.87. The Morgan fingerprint density at radius 3 is 2.16 bits per heavy atom. The van der Waals surface area contributed by atoms with Crippen LogP contribution in [0.4, 0.5) is 0 Å². The molecule has 106 valence electrons. The zero-order chi connectivity index (χ0) is 14.4. The zero-order valence-corrected chi connectivity index (χ0v) is 12.6. The predicted molar refractivity (Wildman–Crippen MR) is 78.5 cm³/mol. The second-order valence-corrected chi connectivity index (χ2v) is 5.62. The van der Waals surface area contributed by atoms with E-state index in [1.807, 2.05) is 24.3 Å². The van der Waals surface area contributed by atoms with Crippen LogP contribution in [0.25, 0.3) is 0 Å². The monoisotopic (exact) mass is 263 g/mol. The number of amides is 1. The molecule has 0 heterocycles. The van der Waals surface area contributed by atoms with Gasteiger partial charge in [-0.1, -0.05) is 39.8 Å². The molecule has 0 aliphatic carbocycles. The van der Waals surface area contributed by atoms with Crippen LogP contribution in [-0.2, 0) is 4.79 Å². The van der Waals surface area contributed by atoms with Gasteiger partial charge in [0.05, 0.1) is 0 Å². The maximum absolute atomic E-state index is 11.8. The van der Waals surface area contributed by atoms with Crippen LogP contribution in [0, 0.1) is 5.92 Å². The molecule has 1 aromatic carbocycles. The topological polar surface area (TPSA) is 38.3 Å². The van der Waals surface area contributed by atoms with E-state index in [0.29, 0.717) is 18.4 Å². The van der Waals surface area contributed by atoms with E-state index in [2.05, 4.69) is 33.0 Å². The fourth-order valence-corrected chi connectivity index (χ4v) is 1.64. The van der Waals surface area contributed by atoms with Crippen molar-refractivity contribution in [2.45, 2.75) is 46.6 Å². The molecule has 1 rings (SSSR count). The van der Waals surface area contributed by atoms with Crippen molar-refractivity contribution < 1.29 is 9.53 Å². The smallest absolute Gasteiger partial charge is 0.260 e.